The first-order valence-corrected chi connectivity index (χ1v) is 9.11. The third kappa shape index (κ3) is 3.61. The number of carbonyl (C=O) groups is 1. The smallest absolute Gasteiger partial charge is 0.272 e. The Morgan fingerprint density at radius 1 is 1.36 bits per heavy atom. The summed E-state index contributed by atoms with van der Waals surface area (Å²) in [5.74, 6) is 0.0878. The summed E-state index contributed by atoms with van der Waals surface area (Å²) in [6.07, 6.45) is 1.02. The molecule has 2 atom stereocenters. The number of rotatable bonds is 5. The Kier molecular flexibility index (Phi) is 5.23. The monoisotopic (exact) mass is 340 g/mol. The summed E-state index contributed by atoms with van der Waals surface area (Å²) in [6.45, 7) is 8.90. The zero-order valence-electron chi connectivity index (χ0n) is 15.6. The number of hydrogen-bond donors (Lipinski definition) is 0. The third-order valence-corrected chi connectivity index (χ3v) is 5.29. The van der Waals surface area contributed by atoms with Gasteiger partial charge in [-0.3, -0.25) is 14.4 Å². The van der Waals surface area contributed by atoms with E-state index in [1.807, 2.05) is 24.9 Å². The first-order valence-electron chi connectivity index (χ1n) is 9.11. The highest BCUT2D eigenvalue weighted by atomic mass is 16.2. The molecule has 1 amide bonds. The fourth-order valence-corrected chi connectivity index (χ4v) is 3.84. The lowest BCUT2D eigenvalue weighted by Crippen LogP contribution is -2.42. The molecule has 2 aromatic rings. The maximum atomic E-state index is 13.0. The average Bonchev–Trinajstić information content (AvgIpc) is 3.22. The third-order valence-electron chi connectivity index (χ3n) is 5.29. The summed E-state index contributed by atoms with van der Waals surface area (Å²) in [7, 11) is 1.84. The average molecular weight is 340 g/mol. The molecule has 5 nitrogen and oxygen atoms in total. The number of carbonyl (C=O) groups excluding carboxylic acids is 1. The summed E-state index contributed by atoms with van der Waals surface area (Å²) in [4.78, 5) is 17.5. The van der Waals surface area contributed by atoms with Crippen LogP contribution in [0.4, 0.5) is 0 Å². The molecule has 0 N–H and O–H groups in total. The number of amides is 1. The van der Waals surface area contributed by atoms with Crippen LogP contribution in [-0.4, -0.2) is 51.2 Å². The van der Waals surface area contributed by atoms with Crippen molar-refractivity contribution in [2.75, 3.05) is 19.6 Å². The molecule has 0 spiro atoms. The zero-order valence-corrected chi connectivity index (χ0v) is 15.6. The van der Waals surface area contributed by atoms with Crippen LogP contribution in [0.3, 0.4) is 0 Å². The van der Waals surface area contributed by atoms with Crippen LogP contribution in [0.2, 0.25) is 0 Å². The molecule has 1 aromatic heterocycles. The topological polar surface area (TPSA) is 41.4 Å². The van der Waals surface area contributed by atoms with Crippen molar-refractivity contribution in [1.29, 1.82) is 0 Å². The van der Waals surface area contributed by atoms with Crippen LogP contribution in [0, 0.1) is 6.92 Å². The van der Waals surface area contributed by atoms with E-state index >= 15 is 0 Å². The normalized spacial score (nSPS) is 19.1. The van der Waals surface area contributed by atoms with Crippen LogP contribution in [0.5, 0.6) is 0 Å². The van der Waals surface area contributed by atoms with Crippen molar-refractivity contribution < 1.29 is 4.79 Å². The van der Waals surface area contributed by atoms with Gasteiger partial charge in [-0.25, -0.2) is 0 Å². The SMILES string of the molecule is CCN(C(=O)c1cc(C)nn1C)C1CCN(C(C)c2ccccc2)C1. The first-order chi connectivity index (χ1) is 12.0. The summed E-state index contributed by atoms with van der Waals surface area (Å²) < 4.78 is 1.69. The van der Waals surface area contributed by atoms with Crippen molar-refractivity contribution in [2.24, 2.45) is 7.05 Å². The quantitative estimate of drug-likeness (QED) is 0.840. The van der Waals surface area contributed by atoms with E-state index in [9.17, 15) is 4.79 Å². The van der Waals surface area contributed by atoms with E-state index in [2.05, 4.69) is 54.2 Å². The Morgan fingerprint density at radius 2 is 2.08 bits per heavy atom. The zero-order chi connectivity index (χ0) is 18.0. The minimum atomic E-state index is 0.0878. The molecule has 2 heterocycles. The fourth-order valence-electron chi connectivity index (χ4n) is 3.84. The van der Waals surface area contributed by atoms with Crippen molar-refractivity contribution in [3.63, 3.8) is 0 Å². The lowest BCUT2D eigenvalue weighted by Gasteiger charge is -2.29. The number of nitrogens with zero attached hydrogens (tertiary/aromatic N) is 4. The van der Waals surface area contributed by atoms with Gasteiger partial charge in [-0.2, -0.15) is 5.10 Å². The predicted octanol–water partition coefficient (Wildman–Crippen LogP) is 3.03. The Bertz CT molecular complexity index is 725. The van der Waals surface area contributed by atoms with Gasteiger partial charge in [-0.15, -0.1) is 0 Å². The molecular formula is C20H28N4O. The van der Waals surface area contributed by atoms with Crippen molar-refractivity contribution in [3.05, 3.63) is 53.3 Å². The molecule has 0 saturated carbocycles. The lowest BCUT2D eigenvalue weighted by molar-refractivity contribution is 0.0678. The van der Waals surface area contributed by atoms with E-state index in [0.717, 1.165) is 31.7 Å². The van der Waals surface area contributed by atoms with Gasteiger partial charge >= 0.3 is 0 Å². The maximum absolute atomic E-state index is 13.0. The van der Waals surface area contributed by atoms with E-state index in [1.54, 1.807) is 4.68 Å². The molecule has 5 heteroatoms. The van der Waals surface area contributed by atoms with Crippen molar-refractivity contribution in [1.82, 2.24) is 19.6 Å². The molecule has 1 aliphatic rings. The Morgan fingerprint density at radius 3 is 2.68 bits per heavy atom. The molecular weight excluding hydrogens is 312 g/mol. The van der Waals surface area contributed by atoms with Gasteiger partial charge in [0.2, 0.25) is 0 Å². The number of benzene rings is 1. The Balaban J connectivity index is 1.71. The summed E-state index contributed by atoms with van der Waals surface area (Å²) in [5.41, 5.74) is 2.89. The van der Waals surface area contributed by atoms with Crippen LogP contribution in [-0.2, 0) is 7.05 Å². The van der Waals surface area contributed by atoms with E-state index in [0.29, 0.717) is 11.7 Å². The summed E-state index contributed by atoms with van der Waals surface area (Å²) >= 11 is 0. The molecule has 25 heavy (non-hydrogen) atoms. The largest absolute Gasteiger partial charge is 0.333 e. The molecule has 1 aromatic carbocycles. The van der Waals surface area contributed by atoms with Gasteiger partial charge in [0.05, 0.1) is 5.69 Å². The van der Waals surface area contributed by atoms with Gasteiger partial charge in [0.25, 0.3) is 5.91 Å². The molecule has 2 unspecified atom stereocenters. The second kappa shape index (κ2) is 7.40. The van der Waals surface area contributed by atoms with Gasteiger partial charge in [-0.05, 0) is 38.8 Å². The second-order valence-corrected chi connectivity index (χ2v) is 6.91. The lowest BCUT2D eigenvalue weighted by atomic mass is 10.1. The number of hydrogen-bond acceptors (Lipinski definition) is 3. The van der Waals surface area contributed by atoms with Gasteiger partial charge in [0, 0.05) is 38.8 Å². The number of likely N-dealkylation sites (N-methyl/N-ethyl adjacent to an activating group) is 1. The van der Waals surface area contributed by atoms with E-state index in [-0.39, 0.29) is 11.9 Å². The van der Waals surface area contributed by atoms with Gasteiger partial charge in [0.15, 0.2) is 0 Å². The van der Waals surface area contributed by atoms with Gasteiger partial charge in [-0.1, -0.05) is 30.3 Å². The highest BCUT2D eigenvalue weighted by Gasteiger charge is 2.33. The van der Waals surface area contributed by atoms with Crippen LogP contribution < -0.4 is 0 Å². The highest BCUT2D eigenvalue weighted by molar-refractivity contribution is 5.93. The number of aromatic nitrogens is 2. The van der Waals surface area contributed by atoms with Crippen molar-refractivity contribution in [2.45, 2.75) is 39.3 Å². The van der Waals surface area contributed by atoms with E-state index in [1.165, 1.54) is 5.56 Å². The van der Waals surface area contributed by atoms with Crippen molar-refractivity contribution >= 4 is 5.91 Å². The second-order valence-electron chi connectivity index (χ2n) is 6.91. The minimum absolute atomic E-state index is 0.0878. The first kappa shape index (κ1) is 17.7. The summed E-state index contributed by atoms with van der Waals surface area (Å²) in [6, 6.07) is 13.1. The van der Waals surface area contributed by atoms with Gasteiger partial charge < -0.3 is 4.90 Å². The molecule has 0 aliphatic carbocycles. The maximum Gasteiger partial charge on any atom is 0.272 e. The summed E-state index contributed by atoms with van der Waals surface area (Å²) in [5, 5.41) is 4.32. The fraction of sp³-hybridized carbons (Fsp3) is 0.500. The van der Waals surface area contributed by atoms with E-state index in [4.69, 9.17) is 0 Å². The van der Waals surface area contributed by atoms with E-state index < -0.39 is 0 Å². The Labute approximate surface area is 150 Å². The van der Waals surface area contributed by atoms with Crippen LogP contribution >= 0.6 is 0 Å². The van der Waals surface area contributed by atoms with Gasteiger partial charge in [0.1, 0.15) is 5.69 Å². The molecule has 0 radical (unpaired) electrons. The van der Waals surface area contributed by atoms with Crippen LogP contribution in [0.1, 0.15) is 48.1 Å². The van der Waals surface area contributed by atoms with Crippen molar-refractivity contribution in [3.8, 4) is 0 Å². The predicted molar refractivity (Wildman–Crippen MR) is 99.5 cm³/mol. The molecule has 134 valence electrons. The molecule has 1 fully saturated rings. The molecule has 3 rings (SSSR count). The molecule has 1 saturated heterocycles. The number of aryl methyl sites for hydroxylation is 2. The Hall–Kier alpha value is -2.14. The van der Waals surface area contributed by atoms with Crippen LogP contribution in [0.15, 0.2) is 36.4 Å². The standard InChI is InChI=1S/C20H28N4O/c1-5-24(20(25)19-13-15(2)21-22(19)4)18-11-12-23(14-18)16(3)17-9-7-6-8-10-17/h6-10,13,16,18H,5,11-12,14H2,1-4H3. The molecule has 0 bridgehead atoms. The minimum Gasteiger partial charge on any atom is -0.333 e. The molecule has 1 aliphatic heterocycles. The number of likely N-dealkylation sites (tertiary alicyclic amines) is 1. The van der Waals surface area contributed by atoms with Crippen LogP contribution in [0.25, 0.3) is 0 Å². The highest BCUT2D eigenvalue weighted by Crippen LogP contribution is 2.27.